The lowest BCUT2D eigenvalue weighted by Gasteiger charge is -2.26. The van der Waals surface area contributed by atoms with E-state index in [4.69, 9.17) is 0 Å². The topological polar surface area (TPSA) is 0 Å². The molecule has 0 nitrogen and oxygen atoms in total. The van der Waals surface area contributed by atoms with Gasteiger partial charge in [-0.25, -0.2) is 0 Å². The Bertz CT molecular complexity index is 170. The zero-order valence-corrected chi connectivity index (χ0v) is 10.7. The predicted molar refractivity (Wildman–Crippen MR) is 59.6 cm³/mol. The van der Waals surface area contributed by atoms with Crippen LogP contribution in [0.1, 0.15) is 34.6 Å². The minimum atomic E-state index is -4.10. The maximum Gasteiger partial charge on any atom is 0.401 e. The number of halogens is 3. The van der Waals surface area contributed by atoms with Crippen molar-refractivity contribution in [3.8, 4) is 0 Å². The smallest absolute Gasteiger partial charge is 0.170 e. The molecule has 0 aliphatic carbocycles. The van der Waals surface area contributed by atoms with Gasteiger partial charge in [0.25, 0.3) is 0 Å². The standard InChI is InChI=1S/C9H17F3S2/c1-6(2)7(9(10,11)12)13-14-8(3,4)5/h6-7H,1-5H3/t7-/m0/s1. The van der Waals surface area contributed by atoms with Gasteiger partial charge in [-0.2, -0.15) is 13.2 Å². The van der Waals surface area contributed by atoms with Crippen molar-refractivity contribution < 1.29 is 13.2 Å². The van der Waals surface area contributed by atoms with Crippen LogP contribution in [0.2, 0.25) is 0 Å². The summed E-state index contributed by atoms with van der Waals surface area (Å²) in [6, 6.07) is 0. The summed E-state index contributed by atoms with van der Waals surface area (Å²) in [5.41, 5.74) is 0. The third-order valence-corrected chi connectivity index (χ3v) is 5.36. The molecule has 0 spiro atoms. The molecule has 0 saturated heterocycles. The summed E-state index contributed by atoms with van der Waals surface area (Å²) >= 11 is 0. The zero-order valence-electron chi connectivity index (χ0n) is 9.11. The first-order valence-corrected chi connectivity index (χ1v) is 6.66. The van der Waals surface area contributed by atoms with E-state index >= 15 is 0 Å². The maximum absolute atomic E-state index is 12.5. The molecule has 0 aromatic rings. The molecule has 86 valence electrons. The summed E-state index contributed by atoms with van der Waals surface area (Å²) in [4.78, 5) is 0. The Morgan fingerprint density at radius 1 is 1.00 bits per heavy atom. The van der Waals surface area contributed by atoms with Crippen LogP contribution < -0.4 is 0 Å². The number of alkyl halides is 3. The SMILES string of the molecule is CC(C)[C@H](SSC(C)(C)C)C(F)(F)F. The molecule has 5 heteroatoms. The van der Waals surface area contributed by atoms with Crippen LogP contribution in [-0.2, 0) is 0 Å². The molecule has 0 unspecified atom stereocenters. The average Bonchev–Trinajstić information content (AvgIpc) is 1.79. The number of hydrogen-bond acceptors (Lipinski definition) is 2. The molecule has 0 radical (unpaired) electrons. The van der Waals surface area contributed by atoms with E-state index in [0.717, 1.165) is 10.8 Å². The Balaban J connectivity index is 4.27. The van der Waals surface area contributed by atoms with Gasteiger partial charge >= 0.3 is 6.18 Å². The molecule has 0 aromatic carbocycles. The second kappa shape index (κ2) is 5.01. The predicted octanol–water partition coefficient (Wildman–Crippen LogP) is 4.75. The van der Waals surface area contributed by atoms with Crippen LogP contribution in [0.3, 0.4) is 0 Å². The normalized spacial score (nSPS) is 16.1. The van der Waals surface area contributed by atoms with Gasteiger partial charge in [-0.1, -0.05) is 56.2 Å². The highest BCUT2D eigenvalue weighted by molar-refractivity contribution is 8.77. The van der Waals surface area contributed by atoms with E-state index in [1.807, 2.05) is 20.8 Å². The molecule has 0 fully saturated rings. The lowest BCUT2D eigenvalue weighted by atomic mass is 10.1. The first-order valence-electron chi connectivity index (χ1n) is 4.45. The van der Waals surface area contributed by atoms with Crippen molar-refractivity contribution in [1.82, 2.24) is 0 Å². The van der Waals surface area contributed by atoms with Crippen LogP contribution in [0.4, 0.5) is 13.2 Å². The molecular weight excluding hydrogens is 229 g/mol. The van der Waals surface area contributed by atoms with Crippen LogP contribution >= 0.6 is 21.6 Å². The number of hydrogen-bond donors (Lipinski definition) is 0. The second-order valence-corrected chi connectivity index (χ2v) is 7.67. The summed E-state index contributed by atoms with van der Waals surface area (Å²) in [6.45, 7) is 8.96. The van der Waals surface area contributed by atoms with E-state index in [0.29, 0.717) is 0 Å². The average molecular weight is 246 g/mol. The lowest BCUT2D eigenvalue weighted by Crippen LogP contribution is -2.30. The Hall–Kier alpha value is 0.490. The summed E-state index contributed by atoms with van der Waals surface area (Å²) in [7, 11) is 2.23. The van der Waals surface area contributed by atoms with Crippen molar-refractivity contribution in [2.24, 2.45) is 5.92 Å². The highest BCUT2D eigenvalue weighted by Gasteiger charge is 2.42. The van der Waals surface area contributed by atoms with Crippen LogP contribution in [0, 0.1) is 5.92 Å². The van der Waals surface area contributed by atoms with E-state index in [1.54, 1.807) is 13.8 Å². The van der Waals surface area contributed by atoms with Gasteiger partial charge in [0.05, 0.1) is 0 Å². The van der Waals surface area contributed by atoms with Crippen molar-refractivity contribution in [1.29, 1.82) is 0 Å². The van der Waals surface area contributed by atoms with E-state index in [1.165, 1.54) is 10.8 Å². The Morgan fingerprint density at radius 2 is 1.43 bits per heavy atom. The fourth-order valence-electron chi connectivity index (χ4n) is 0.740. The van der Waals surface area contributed by atoms with Gasteiger partial charge in [-0.3, -0.25) is 0 Å². The molecule has 0 heterocycles. The van der Waals surface area contributed by atoms with Crippen LogP contribution in [0.5, 0.6) is 0 Å². The van der Waals surface area contributed by atoms with Crippen LogP contribution in [0.15, 0.2) is 0 Å². The molecule has 0 aliphatic heterocycles. The lowest BCUT2D eigenvalue weighted by molar-refractivity contribution is -0.135. The van der Waals surface area contributed by atoms with Crippen molar-refractivity contribution in [2.45, 2.75) is 50.8 Å². The summed E-state index contributed by atoms with van der Waals surface area (Å²) in [5.74, 6) is -0.380. The van der Waals surface area contributed by atoms with Crippen molar-refractivity contribution in [3.63, 3.8) is 0 Å². The van der Waals surface area contributed by atoms with E-state index in [-0.39, 0.29) is 10.7 Å². The molecule has 0 aliphatic rings. The Morgan fingerprint density at radius 3 is 1.64 bits per heavy atom. The fourth-order valence-corrected chi connectivity index (χ4v) is 3.63. The van der Waals surface area contributed by atoms with Gasteiger partial charge in [0, 0.05) is 4.75 Å². The maximum atomic E-state index is 12.5. The van der Waals surface area contributed by atoms with Gasteiger partial charge in [-0.05, 0) is 5.92 Å². The van der Waals surface area contributed by atoms with Gasteiger partial charge in [0.2, 0.25) is 0 Å². The van der Waals surface area contributed by atoms with Gasteiger partial charge < -0.3 is 0 Å². The van der Waals surface area contributed by atoms with Gasteiger partial charge in [-0.15, -0.1) is 0 Å². The highest BCUT2D eigenvalue weighted by atomic mass is 33.1. The summed E-state index contributed by atoms with van der Waals surface area (Å²) in [5, 5.41) is -1.27. The van der Waals surface area contributed by atoms with Crippen molar-refractivity contribution >= 4 is 21.6 Å². The van der Waals surface area contributed by atoms with Crippen molar-refractivity contribution in [3.05, 3.63) is 0 Å². The third-order valence-electron chi connectivity index (χ3n) is 1.33. The number of rotatable bonds is 3. The monoisotopic (exact) mass is 246 g/mol. The summed E-state index contributed by atoms with van der Waals surface area (Å²) in [6.07, 6.45) is -4.10. The van der Waals surface area contributed by atoms with E-state index in [2.05, 4.69) is 0 Å². The van der Waals surface area contributed by atoms with Crippen molar-refractivity contribution in [2.75, 3.05) is 0 Å². The zero-order chi connectivity index (χ0) is 11.6. The van der Waals surface area contributed by atoms with Crippen LogP contribution in [-0.4, -0.2) is 16.2 Å². The quantitative estimate of drug-likeness (QED) is 0.659. The second-order valence-electron chi connectivity index (χ2n) is 4.50. The first-order chi connectivity index (χ1) is 6.04. The highest BCUT2D eigenvalue weighted by Crippen LogP contribution is 2.46. The van der Waals surface area contributed by atoms with E-state index < -0.39 is 11.4 Å². The minimum Gasteiger partial charge on any atom is -0.170 e. The molecule has 0 bridgehead atoms. The van der Waals surface area contributed by atoms with E-state index in [9.17, 15) is 13.2 Å². The molecule has 0 rings (SSSR count). The fraction of sp³-hybridized carbons (Fsp3) is 1.00. The van der Waals surface area contributed by atoms with Crippen LogP contribution in [0.25, 0.3) is 0 Å². The molecule has 1 atom stereocenters. The van der Waals surface area contributed by atoms with Gasteiger partial charge in [0.1, 0.15) is 5.25 Å². The molecule has 0 amide bonds. The minimum absolute atomic E-state index is 0.136. The first kappa shape index (κ1) is 14.5. The third kappa shape index (κ3) is 6.06. The van der Waals surface area contributed by atoms with Gasteiger partial charge in [0.15, 0.2) is 0 Å². The largest absolute Gasteiger partial charge is 0.401 e. The molecule has 0 aromatic heterocycles. The molecular formula is C9H17F3S2. The molecule has 0 saturated carbocycles. The summed E-state index contributed by atoms with van der Waals surface area (Å²) < 4.78 is 37.4. The Labute approximate surface area is 91.8 Å². The Kier molecular flexibility index (Phi) is 5.19. The molecule has 14 heavy (non-hydrogen) atoms. The molecule has 0 N–H and O–H groups in total.